The van der Waals surface area contributed by atoms with Crippen molar-refractivity contribution in [2.75, 3.05) is 19.6 Å². The minimum atomic E-state index is -0.0469. The van der Waals surface area contributed by atoms with Crippen molar-refractivity contribution < 1.29 is 4.79 Å². The Hall–Kier alpha value is -2.34. The molecule has 1 saturated heterocycles. The number of aromatic nitrogens is 3. The van der Waals surface area contributed by atoms with Gasteiger partial charge < -0.3 is 5.32 Å². The molecule has 1 aliphatic heterocycles. The summed E-state index contributed by atoms with van der Waals surface area (Å²) in [7, 11) is 0. The van der Waals surface area contributed by atoms with Crippen LogP contribution in [0, 0.1) is 12.8 Å². The first-order valence-corrected chi connectivity index (χ1v) is 8.88. The molecule has 1 amide bonds. The average molecular weight is 339 g/mol. The van der Waals surface area contributed by atoms with Gasteiger partial charge in [0.2, 0.25) is 0 Å². The molecular weight excluding hydrogens is 314 g/mol. The fourth-order valence-electron chi connectivity index (χ4n) is 3.09. The molecule has 0 radical (unpaired) electrons. The lowest BCUT2D eigenvalue weighted by atomic mass is 10.1. The Morgan fingerprint density at radius 1 is 1.32 bits per heavy atom. The zero-order valence-electron chi connectivity index (χ0n) is 14.9. The summed E-state index contributed by atoms with van der Waals surface area (Å²) >= 11 is 0. The van der Waals surface area contributed by atoms with Crippen LogP contribution in [0.1, 0.15) is 40.9 Å². The van der Waals surface area contributed by atoms with Gasteiger partial charge in [-0.05, 0) is 44.0 Å². The summed E-state index contributed by atoms with van der Waals surface area (Å²) < 4.78 is 0. The highest BCUT2D eigenvalue weighted by molar-refractivity contribution is 5.93. The van der Waals surface area contributed by atoms with E-state index in [1.807, 2.05) is 31.3 Å². The molecule has 0 saturated carbocycles. The number of carbonyl (C=O) groups excluding carboxylic acids is 1. The Bertz CT molecular complexity index is 716. The quantitative estimate of drug-likeness (QED) is 0.871. The van der Waals surface area contributed by atoms with E-state index in [4.69, 9.17) is 0 Å². The Balaban J connectivity index is 1.46. The summed E-state index contributed by atoms with van der Waals surface area (Å²) in [5.41, 5.74) is 2.61. The van der Waals surface area contributed by atoms with E-state index < -0.39 is 0 Å². The zero-order valence-corrected chi connectivity index (χ0v) is 14.9. The molecule has 1 aliphatic rings. The summed E-state index contributed by atoms with van der Waals surface area (Å²) in [6.45, 7) is 7.55. The summed E-state index contributed by atoms with van der Waals surface area (Å²) in [5, 5.41) is 3.03. The van der Waals surface area contributed by atoms with Crippen LogP contribution in [0.4, 0.5) is 0 Å². The summed E-state index contributed by atoms with van der Waals surface area (Å²) in [5.74, 6) is 1.33. The predicted octanol–water partition coefficient (Wildman–Crippen LogP) is 1.99. The Kier molecular flexibility index (Phi) is 5.71. The first-order valence-electron chi connectivity index (χ1n) is 8.88. The molecule has 25 heavy (non-hydrogen) atoms. The smallest absolute Gasteiger partial charge is 0.252 e. The third kappa shape index (κ3) is 4.82. The number of rotatable bonds is 6. The van der Waals surface area contributed by atoms with Gasteiger partial charge in [0.1, 0.15) is 5.82 Å². The number of hydrogen-bond acceptors (Lipinski definition) is 5. The van der Waals surface area contributed by atoms with Gasteiger partial charge >= 0.3 is 0 Å². The van der Waals surface area contributed by atoms with E-state index in [-0.39, 0.29) is 5.91 Å². The maximum Gasteiger partial charge on any atom is 0.252 e. The lowest BCUT2D eigenvalue weighted by Crippen LogP contribution is -2.31. The molecule has 3 heterocycles. The first-order chi connectivity index (χ1) is 12.1. The molecule has 0 aromatic carbocycles. The zero-order chi connectivity index (χ0) is 17.6. The van der Waals surface area contributed by atoms with Gasteiger partial charge in [-0.25, -0.2) is 9.97 Å². The highest BCUT2D eigenvalue weighted by Crippen LogP contribution is 2.17. The number of pyridine rings is 1. The van der Waals surface area contributed by atoms with Gasteiger partial charge in [-0.15, -0.1) is 0 Å². The molecule has 6 heteroatoms. The van der Waals surface area contributed by atoms with Crippen LogP contribution in [0.25, 0.3) is 0 Å². The van der Waals surface area contributed by atoms with E-state index in [1.165, 1.54) is 0 Å². The summed E-state index contributed by atoms with van der Waals surface area (Å²) in [6.07, 6.45) is 5.42. The first kappa shape index (κ1) is 17.5. The SMILES string of the molecule is CCc1nccc(CN2CCC(CNC(=O)c3ccc(C)nc3)C2)n1. The number of nitrogens with zero attached hydrogens (tertiary/aromatic N) is 4. The number of likely N-dealkylation sites (tertiary alicyclic amines) is 1. The van der Waals surface area contributed by atoms with Gasteiger partial charge in [-0.2, -0.15) is 0 Å². The average Bonchev–Trinajstić information content (AvgIpc) is 3.08. The third-order valence-electron chi connectivity index (χ3n) is 4.56. The Labute approximate surface area is 148 Å². The van der Waals surface area contributed by atoms with Crippen molar-refractivity contribution in [2.45, 2.75) is 33.2 Å². The van der Waals surface area contributed by atoms with Crippen LogP contribution in [0.3, 0.4) is 0 Å². The van der Waals surface area contributed by atoms with Gasteiger partial charge in [0.15, 0.2) is 0 Å². The number of nitrogens with one attached hydrogen (secondary N) is 1. The molecule has 0 bridgehead atoms. The fraction of sp³-hybridized carbons (Fsp3) is 0.474. The lowest BCUT2D eigenvalue weighted by molar-refractivity contribution is 0.0947. The predicted molar refractivity (Wildman–Crippen MR) is 96.1 cm³/mol. The van der Waals surface area contributed by atoms with Gasteiger partial charge in [-0.3, -0.25) is 14.7 Å². The van der Waals surface area contributed by atoms with Gasteiger partial charge in [0, 0.05) is 44.1 Å². The number of amides is 1. The molecular formula is C19H25N5O. The molecule has 1 unspecified atom stereocenters. The standard InChI is InChI=1S/C19H25N5O/c1-3-18-20-8-6-17(23-18)13-24-9-7-15(12-24)10-22-19(25)16-5-4-14(2)21-11-16/h4-6,8,11,15H,3,7,9-10,12-13H2,1-2H3,(H,22,25). The van der Waals surface area contributed by atoms with Crippen LogP contribution < -0.4 is 5.32 Å². The Morgan fingerprint density at radius 3 is 2.96 bits per heavy atom. The minimum absolute atomic E-state index is 0.0469. The van der Waals surface area contributed by atoms with Crippen LogP contribution >= 0.6 is 0 Å². The molecule has 2 aromatic heterocycles. The van der Waals surface area contributed by atoms with Crippen LogP contribution in [-0.2, 0) is 13.0 Å². The van der Waals surface area contributed by atoms with E-state index in [9.17, 15) is 4.79 Å². The number of carbonyl (C=O) groups is 1. The summed E-state index contributed by atoms with van der Waals surface area (Å²) in [4.78, 5) is 27.6. The third-order valence-corrected chi connectivity index (χ3v) is 4.56. The maximum atomic E-state index is 12.2. The minimum Gasteiger partial charge on any atom is -0.352 e. The Morgan fingerprint density at radius 2 is 2.20 bits per heavy atom. The second-order valence-electron chi connectivity index (χ2n) is 6.61. The molecule has 0 spiro atoms. The molecule has 3 rings (SSSR count). The van der Waals surface area contributed by atoms with Crippen LogP contribution in [0.2, 0.25) is 0 Å². The molecule has 0 aliphatic carbocycles. The van der Waals surface area contributed by atoms with Gasteiger partial charge in [-0.1, -0.05) is 6.92 Å². The van der Waals surface area contributed by atoms with E-state index >= 15 is 0 Å². The van der Waals surface area contributed by atoms with Crippen LogP contribution in [0.5, 0.6) is 0 Å². The maximum absolute atomic E-state index is 12.2. The molecule has 6 nitrogen and oxygen atoms in total. The highest BCUT2D eigenvalue weighted by Gasteiger charge is 2.23. The molecule has 1 atom stereocenters. The van der Waals surface area contributed by atoms with Crippen molar-refractivity contribution in [1.82, 2.24) is 25.2 Å². The van der Waals surface area contributed by atoms with E-state index in [0.717, 1.165) is 49.7 Å². The van der Waals surface area contributed by atoms with Gasteiger partial charge in [0.25, 0.3) is 5.91 Å². The largest absolute Gasteiger partial charge is 0.352 e. The summed E-state index contributed by atoms with van der Waals surface area (Å²) in [6, 6.07) is 5.66. The van der Waals surface area contributed by atoms with Crippen LogP contribution in [0.15, 0.2) is 30.6 Å². The van der Waals surface area contributed by atoms with Gasteiger partial charge in [0.05, 0.1) is 11.3 Å². The molecule has 1 fully saturated rings. The second-order valence-corrected chi connectivity index (χ2v) is 6.61. The fourth-order valence-corrected chi connectivity index (χ4v) is 3.09. The van der Waals surface area contributed by atoms with Crippen molar-refractivity contribution in [3.8, 4) is 0 Å². The van der Waals surface area contributed by atoms with Crippen molar-refractivity contribution in [2.24, 2.45) is 5.92 Å². The monoisotopic (exact) mass is 339 g/mol. The van der Waals surface area contributed by atoms with E-state index in [2.05, 4.69) is 32.1 Å². The molecule has 1 N–H and O–H groups in total. The van der Waals surface area contributed by atoms with Crippen molar-refractivity contribution in [3.63, 3.8) is 0 Å². The number of hydrogen-bond donors (Lipinski definition) is 1. The molecule has 132 valence electrons. The van der Waals surface area contributed by atoms with E-state index in [1.54, 1.807) is 6.20 Å². The van der Waals surface area contributed by atoms with E-state index in [0.29, 0.717) is 18.0 Å². The normalized spacial score (nSPS) is 17.6. The van der Waals surface area contributed by atoms with Crippen LogP contribution in [-0.4, -0.2) is 45.4 Å². The highest BCUT2D eigenvalue weighted by atomic mass is 16.1. The lowest BCUT2D eigenvalue weighted by Gasteiger charge is -2.16. The van der Waals surface area contributed by atoms with Crippen molar-refractivity contribution in [1.29, 1.82) is 0 Å². The topological polar surface area (TPSA) is 71.0 Å². The van der Waals surface area contributed by atoms with Crippen molar-refractivity contribution in [3.05, 3.63) is 53.4 Å². The molecule has 2 aromatic rings. The second kappa shape index (κ2) is 8.16. The number of aryl methyl sites for hydroxylation is 2. The van der Waals surface area contributed by atoms with Crippen molar-refractivity contribution >= 4 is 5.91 Å².